The molecule has 0 aliphatic carbocycles. The van der Waals surface area contributed by atoms with E-state index < -0.39 is 0 Å². The average molecular weight is 344 g/mol. The molecule has 6 heteroatoms. The van der Waals surface area contributed by atoms with E-state index in [0.29, 0.717) is 45.5 Å². The fraction of sp³-hybridized carbons (Fsp3) is 0.154. The van der Waals surface area contributed by atoms with Crippen LogP contribution in [0.25, 0.3) is 0 Å². The van der Waals surface area contributed by atoms with Crippen LogP contribution >= 0.6 is 27.5 Å². The van der Waals surface area contributed by atoms with Crippen molar-refractivity contribution in [3.8, 4) is 11.5 Å². The number of halogens is 2. The Morgan fingerprint density at radius 3 is 2.47 bits per heavy atom. The average Bonchev–Trinajstić information content (AvgIpc) is 2.83. The number of ether oxygens (including phenoxy) is 2. The lowest BCUT2D eigenvalue weighted by Gasteiger charge is -2.19. The topological polar surface area (TPSA) is 48.7 Å². The number of hydrogen-bond donors (Lipinski definition) is 0. The Balaban J connectivity index is 2.06. The van der Waals surface area contributed by atoms with E-state index in [2.05, 4.69) is 15.9 Å². The Bertz CT molecular complexity index is 650. The van der Waals surface area contributed by atoms with Gasteiger partial charge in [-0.1, -0.05) is 11.6 Å². The summed E-state index contributed by atoms with van der Waals surface area (Å²) in [6.45, 7) is 0.932. The lowest BCUT2D eigenvalue weighted by atomic mass is 10.1. The van der Waals surface area contributed by atoms with Gasteiger partial charge >= 0.3 is 0 Å². The molecule has 0 atom stereocenters. The van der Waals surface area contributed by atoms with Crippen LogP contribution in [0.15, 0.2) is 33.5 Å². The van der Waals surface area contributed by atoms with Gasteiger partial charge in [-0.2, -0.15) is 0 Å². The van der Waals surface area contributed by atoms with Crippen LogP contribution in [0.1, 0.15) is 15.9 Å². The van der Waals surface area contributed by atoms with Crippen LogP contribution in [0.3, 0.4) is 0 Å². The molecule has 1 aromatic carbocycles. The standard InChI is InChI=1S/C13H8BrClO4/c14-13-7(1-2-19-13)12(16)8-5-10-11(6-9(8)15)18-4-3-17-10/h1-2,5-6H,3-4H2. The first-order chi connectivity index (χ1) is 9.16. The fourth-order valence-electron chi connectivity index (χ4n) is 1.84. The minimum atomic E-state index is -0.234. The molecule has 98 valence electrons. The zero-order valence-corrected chi connectivity index (χ0v) is 12.0. The molecular weight excluding hydrogens is 335 g/mol. The van der Waals surface area contributed by atoms with Crippen LogP contribution in [-0.2, 0) is 0 Å². The normalized spacial score (nSPS) is 13.4. The number of furan rings is 1. The number of fused-ring (bicyclic) bond motifs is 1. The maximum absolute atomic E-state index is 12.4. The SMILES string of the molecule is O=C(c1cc2c(cc1Cl)OCCO2)c1ccoc1Br. The maximum Gasteiger partial charge on any atom is 0.199 e. The van der Waals surface area contributed by atoms with E-state index in [4.69, 9.17) is 25.5 Å². The Kier molecular flexibility index (Phi) is 3.24. The summed E-state index contributed by atoms with van der Waals surface area (Å²) in [5.74, 6) is 0.847. The van der Waals surface area contributed by atoms with E-state index in [1.807, 2.05) is 0 Å². The van der Waals surface area contributed by atoms with Gasteiger partial charge in [0, 0.05) is 11.6 Å². The molecule has 0 fully saturated rings. The minimum Gasteiger partial charge on any atom is -0.486 e. The molecule has 1 aromatic heterocycles. The first kappa shape index (κ1) is 12.6. The Hall–Kier alpha value is -1.46. The molecule has 0 saturated heterocycles. The molecule has 0 unspecified atom stereocenters. The van der Waals surface area contributed by atoms with Crippen molar-refractivity contribution in [1.29, 1.82) is 0 Å². The van der Waals surface area contributed by atoms with Crippen LogP contribution in [0.2, 0.25) is 5.02 Å². The number of rotatable bonds is 2. The van der Waals surface area contributed by atoms with E-state index in [1.165, 1.54) is 6.26 Å². The Morgan fingerprint density at radius 1 is 1.16 bits per heavy atom. The van der Waals surface area contributed by atoms with Crippen molar-refractivity contribution < 1.29 is 18.7 Å². The quantitative estimate of drug-likeness (QED) is 0.780. The molecule has 2 aromatic rings. The van der Waals surface area contributed by atoms with Gasteiger partial charge in [0.2, 0.25) is 0 Å². The molecule has 0 N–H and O–H groups in total. The van der Waals surface area contributed by atoms with E-state index in [0.717, 1.165) is 0 Å². The van der Waals surface area contributed by atoms with Crippen LogP contribution in [0.4, 0.5) is 0 Å². The van der Waals surface area contributed by atoms with Crippen molar-refractivity contribution >= 4 is 33.3 Å². The third-order valence-corrected chi connectivity index (χ3v) is 3.67. The summed E-state index contributed by atoms with van der Waals surface area (Å²) < 4.78 is 16.3. The van der Waals surface area contributed by atoms with Crippen LogP contribution < -0.4 is 9.47 Å². The van der Waals surface area contributed by atoms with Gasteiger partial charge in [-0.3, -0.25) is 4.79 Å². The van der Waals surface area contributed by atoms with Crippen molar-refractivity contribution in [3.63, 3.8) is 0 Å². The van der Waals surface area contributed by atoms with E-state index in [-0.39, 0.29) is 5.78 Å². The minimum absolute atomic E-state index is 0.234. The lowest BCUT2D eigenvalue weighted by molar-refractivity contribution is 0.103. The molecule has 3 rings (SSSR count). The Labute approximate surface area is 122 Å². The summed E-state index contributed by atoms with van der Waals surface area (Å²) in [5.41, 5.74) is 0.770. The first-order valence-corrected chi connectivity index (χ1v) is 6.71. The van der Waals surface area contributed by atoms with Gasteiger partial charge in [0.25, 0.3) is 0 Å². The molecule has 1 aliphatic rings. The zero-order valence-electron chi connectivity index (χ0n) is 9.61. The van der Waals surface area contributed by atoms with Gasteiger partial charge in [-0.15, -0.1) is 0 Å². The largest absolute Gasteiger partial charge is 0.486 e. The maximum atomic E-state index is 12.4. The van der Waals surface area contributed by atoms with Gasteiger partial charge in [0.15, 0.2) is 22.0 Å². The monoisotopic (exact) mass is 342 g/mol. The number of hydrogen-bond acceptors (Lipinski definition) is 4. The summed E-state index contributed by atoms with van der Waals surface area (Å²) >= 11 is 9.30. The zero-order chi connectivity index (χ0) is 13.4. The molecule has 2 heterocycles. The smallest absolute Gasteiger partial charge is 0.199 e. The molecule has 0 radical (unpaired) electrons. The predicted molar refractivity (Wildman–Crippen MR) is 72.3 cm³/mol. The van der Waals surface area contributed by atoms with Crippen molar-refractivity contribution in [3.05, 3.63) is 45.3 Å². The second-order valence-electron chi connectivity index (χ2n) is 3.91. The van der Waals surface area contributed by atoms with Crippen molar-refractivity contribution in [2.45, 2.75) is 0 Å². The van der Waals surface area contributed by atoms with Gasteiger partial charge in [-0.05, 0) is 28.1 Å². The summed E-state index contributed by atoms with van der Waals surface area (Å²) in [6, 6.07) is 4.77. The van der Waals surface area contributed by atoms with Crippen molar-refractivity contribution in [2.75, 3.05) is 13.2 Å². The van der Waals surface area contributed by atoms with Crippen LogP contribution in [0, 0.1) is 0 Å². The lowest BCUT2D eigenvalue weighted by Crippen LogP contribution is -2.16. The second-order valence-corrected chi connectivity index (χ2v) is 5.04. The number of carbonyl (C=O) groups is 1. The van der Waals surface area contributed by atoms with Gasteiger partial charge in [0.05, 0.1) is 16.8 Å². The van der Waals surface area contributed by atoms with Crippen molar-refractivity contribution in [1.82, 2.24) is 0 Å². The molecule has 1 aliphatic heterocycles. The third kappa shape index (κ3) is 2.24. The fourth-order valence-corrected chi connectivity index (χ4v) is 2.50. The van der Waals surface area contributed by atoms with Gasteiger partial charge in [0.1, 0.15) is 13.2 Å². The summed E-state index contributed by atoms with van der Waals surface area (Å²) in [6.07, 6.45) is 1.43. The summed E-state index contributed by atoms with van der Waals surface area (Å²) in [7, 11) is 0. The van der Waals surface area contributed by atoms with Gasteiger partial charge in [-0.25, -0.2) is 0 Å². The van der Waals surface area contributed by atoms with Crippen LogP contribution in [-0.4, -0.2) is 19.0 Å². The number of benzene rings is 1. The molecular formula is C13H8BrClO4. The summed E-state index contributed by atoms with van der Waals surface area (Å²) in [4.78, 5) is 12.4. The van der Waals surface area contributed by atoms with Gasteiger partial charge < -0.3 is 13.9 Å². The van der Waals surface area contributed by atoms with Crippen LogP contribution in [0.5, 0.6) is 11.5 Å². The number of carbonyl (C=O) groups excluding carboxylic acids is 1. The first-order valence-electron chi connectivity index (χ1n) is 5.53. The Morgan fingerprint density at radius 2 is 1.84 bits per heavy atom. The molecule has 0 bridgehead atoms. The highest BCUT2D eigenvalue weighted by Gasteiger charge is 2.22. The molecule has 0 saturated carbocycles. The third-order valence-electron chi connectivity index (χ3n) is 2.74. The van der Waals surface area contributed by atoms with E-state index in [1.54, 1.807) is 18.2 Å². The molecule has 4 nitrogen and oxygen atoms in total. The van der Waals surface area contributed by atoms with E-state index in [9.17, 15) is 4.79 Å². The highest BCUT2D eigenvalue weighted by Crippen LogP contribution is 2.36. The van der Waals surface area contributed by atoms with Crippen molar-refractivity contribution in [2.24, 2.45) is 0 Å². The molecule has 19 heavy (non-hydrogen) atoms. The highest BCUT2D eigenvalue weighted by molar-refractivity contribution is 9.10. The second kappa shape index (κ2) is 4.90. The highest BCUT2D eigenvalue weighted by atomic mass is 79.9. The predicted octanol–water partition coefficient (Wildman–Crippen LogP) is 3.70. The number of ketones is 1. The molecule has 0 amide bonds. The van der Waals surface area contributed by atoms with E-state index >= 15 is 0 Å². The summed E-state index contributed by atoms with van der Waals surface area (Å²) in [5, 5.41) is 0.322. The molecule has 0 spiro atoms.